The van der Waals surface area contributed by atoms with E-state index in [2.05, 4.69) is 10.3 Å². The van der Waals surface area contributed by atoms with Crippen LogP contribution in [-0.4, -0.2) is 17.9 Å². The van der Waals surface area contributed by atoms with Crippen LogP contribution in [0.4, 0.5) is 17.1 Å². The number of anilines is 2. The molecule has 0 saturated carbocycles. The van der Waals surface area contributed by atoms with Gasteiger partial charge in [-0.1, -0.05) is 24.3 Å². The highest BCUT2D eigenvalue weighted by Gasteiger charge is 2.05. The molecule has 0 amide bonds. The molecule has 0 spiro atoms. The van der Waals surface area contributed by atoms with E-state index in [0.717, 1.165) is 17.1 Å². The summed E-state index contributed by atoms with van der Waals surface area (Å²) in [6, 6.07) is 23.1. The zero-order chi connectivity index (χ0) is 17.5. The first kappa shape index (κ1) is 16.6. The third kappa shape index (κ3) is 4.38. The lowest BCUT2D eigenvalue weighted by Gasteiger charge is -2.07. The standard InChI is InChI=1S/C21H20N2O2/c1-2-25-20-10-6-7-16(21(20)24)15-22-17-11-13-19(14-12-17)23-18-8-4-3-5-9-18/h3-15,23-24H,2H2,1H3. The first-order valence-corrected chi connectivity index (χ1v) is 8.17. The highest BCUT2D eigenvalue weighted by Crippen LogP contribution is 2.29. The van der Waals surface area contributed by atoms with Crippen molar-refractivity contribution in [1.29, 1.82) is 0 Å². The molecule has 0 aliphatic rings. The van der Waals surface area contributed by atoms with Crippen LogP contribution >= 0.6 is 0 Å². The highest BCUT2D eigenvalue weighted by molar-refractivity contribution is 5.86. The fourth-order valence-electron chi connectivity index (χ4n) is 2.38. The summed E-state index contributed by atoms with van der Waals surface area (Å²) in [7, 11) is 0. The summed E-state index contributed by atoms with van der Waals surface area (Å²) in [5.74, 6) is 0.573. The van der Waals surface area contributed by atoms with Gasteiger partial charge in [-0.15, -0.1) is 0 Å². The zero-order valence-electron chi connectivity index (χ0n) is 14.0. The summed E-state index contributed by atoms with van der Waals surface area (Å²) < 4.78 is 5.38. The topological polar surface area (TPSA) is 53.8 Å². The minimum atomic E-state index is 0.107. The van der Waals surface area contributed by atoms with Crippen molar-refractivity contribution in [3.63, 3.8) is 0 Å². The van der Waals surface area contributed by atoms with Crippen molar-refractivity contribution in [1.82, 2.24) is 0 Å². The van der Waals surface area contributed by atoms with Crippen molar-refractivity contribution in [2.75, 3.05) is 11.9 Å². The van der Waals surface area contributed by atoms with Crippen LogP contribution in [0.3, 0.4) is 0 Å². The minimum absolute atomic E-state index is 0.107. The number of aromatic hydroxyl groups is 1. The Kier molecular flexibility index (Phi) is 5.32. The van der Waals surface area contributed by atoms with Crippen LogP contribution in [0.1, 0.15) is 12.5 Å². The molecule has 25 heavy (non-hydrogen) atoms. The van der Waals surface area contributed by atoms with Crippen molar-refractivity contribution in [2.24, 2.45) is 4.99 Å². The Morgan fingerprint density at radius 1 is 0.920 bits per heavy atom. The predicted octanol–water partition coefficient (Wildman–Crippen LogP) is 5.29. The largest absolute Gasteiger partial charge is 0.504 e. The first-order valence-electron chi connectivity index (χ1n) is 8.17. The third-order valence-electron chi connectivity index (χ3n) is 3.61. The van der Waals surface area contributed by atoms with E-state index in [1.54, 1.807) is 18.3 Å². The number of para-hydroxylation sites is 2. The molecule has 126 valence electrons. The molecule has 0 bridgehead atoms. The summed E-state index contributed by atoms with van der Waals surface area (Å²) in [5, 5.41) is 13.5. The molecule has 0 aromatic heterocycles. The molecule has 0 aliphatic heterocycles. The number of phenolic OH excluding ortho intramolecular Hbond substituents is 1. The molecule has 0 atom stereocenters. The molecule has 2 N–H and O–H groups in total. The maximum Gasteiger partial charge on any atom is 0.166 e. The van der Waals surface area contributed by atoms with E-state index in [1.807, 2.05) is 67.6 Å². The Hall–Kier alpha value is -3.27. The summed E-state index contributed by atoms with van der Waals surface area (Å²) in [6.07, 6.45) is 1.64. The Morgan fingerprint density at radius 2 is 1.64 bits per heavy atom. The number of hydrogen-bond acceptors (Lipinski definition) is 4. The minimum Gasteiger partial charge on any atom is -0.504 e. The molecular formula is C21H20N2O2. The van der Waals surface area contributed by atoms with Crippen molar-refractivity contribution in [2.45, 2.75) is 6.92 Å². The number of benzene rings is 3. The summed E-state index contributed by atoms with van der Waals surface area (Å²) in [5.41, 5.74) is 3.46. The number of nitrogens with zero attached hydrogens (tertiary/aromatic N) is 1. The van der Waals surface area contributed by atoms with Gasteiger partial charge in [0.2, 0.25) is 0 Å². The van der Waals surface area contributed by atoms with E-state index in [0.29, 0.717) is 17.9 Å². The lowest BCUT2D eigenvalue weighted by Crippen LogP contribution is -1.93. The summed E-state index contributed by atoms with van der Waals surface area (Å²) in [4.78, 5) is 4.42. The number of rotatable bonds is 6. The Labute approximate surface area is 147 Å². The van der Waals surface area contributed by atoms with E-state index in [4.69, 9.17) is 4.74 Å². The number of phenols is 1. The van der Waals surface area contributed by atoms with Gasteiger partial charge in [-0.3, -0.25) is 4.99 Å². The molecule has 3 aromatic rings. The smallest absolute Gasteiger partial charge is 0.166 e. The van der Waals surface area contributed by atoms with Crippen LogP contribution in [0.25, 0.3) is 0 Å². The number of nitrogens with one attached hydrogen (secondary N) is 1. The van der Waals surface area contributed by atoms with Crippen LogP contribution in [0.15, 0.2) is 77.8 Å². The Bertz CT molecular complexity index is 844. The van der Waals surface area contributed by atoms with Crippen LogP contribution in [-0.2, 0) is 0 Å². The predicted molar refractivity (Wildman–Crippen MR) is 103 cm³/mol. The molecule has 3 rings (SSSR count). The van der Waals surface area contributed by atoms with Gasteiger partial charge < -0.3 is 15.2 Å². The summed E-state index contributed by atoms with van der Waals surface area (Å²) in [6.45, 7) is 2.38. The van der Waals surface area contributed by atoms with E-state index >= 15 is 0 Å². The molecule has 0 radical (unpaired) electrons. The van der Waals surface area contributed by atoms with E-state index < -0.39 is 0 Å². The molecule has 0 heterocycles. The lowest BCUT2D eigenvalue weighted by molar-refractivity contribution is 0.318. The average Bonchev–Trinajstić information content (AvgIpc) is 2.65. The van der Waals surface area contributed by atoms with Gasteiger partial charge in [0.1, 0.15) is 0 Å². The second-order valence-corrected chi connectivity index (χ2v) is 5.42. The number of hydrogen-bond donors (Lipinski definition) is 2. The van der Waals surface area contributed by atoms with Gasteiger partial charge in [-0.2, -0.15) is 0 Å². The molecular weight excluding hydrogens is 312 g/mol. The van der Waals surface area contributed by atoms with Crippen molar-refractivity contribution in [3.8, 4) is 11.5 Å². The van der Waals surface area contributed by atoms with Gasteiger partial charge in [0.25, 0.3) is 0 Å². The quantitative estimate of drug-likeness (QED) is 0.603. The second-order valence-electron chi connectivity index (χ2n) is 5.42. The summed E-state index contributed by atoms with van der Waals surface area (Å²) >= 11 is 0. The maximum absolute atomic E-state index is 10.2. The molecule has 0 fully saturated rings. The maximum atomic E-state index is 10.2. The molecule has 0 saturated heterocycles. The van der Waals surface area contributed by atoms with Crippen molar-refractivity contribution < 1.29 is 9.84 Å². The Morgan fingerprint density at radius 3 is 2.36 bits per heavy atom. The van der Waals surface area contributed by atoms with E-state index in [-0.39, 0.29) is 5.75 Å². The fraction of sp³-hybridized carbons (Fsp3) is 0.0952. The Balaban J connectivity index is 1.71. The normalized spacial score (nSPS) is 10.8. The highest BCUT2D eigenvalue weighted by atomic mass is 16.5. The second kappa shape index (κ2) is 8.02. The first-order chi connectivity index (χ1) is 12.3. The van der Waals surface area contributed by atoms with E-state index in [1.165, 1.54) is 0 Å². The van der Waals surface area contributed by atoms with Gasteiger partial charge in [-0.25, -0.2) is 0 Å². The monoisotopic (exact) mass is 332 g/mol. The average molecular weight is 332 g/mol. The van der Waals surface area contributed by atoms with Gasteiger partial charge >= 0.3 is 0 Å². The van der Waals surface area contributed by atoms with Gasteiger partial charge in [-0.05, 0) is 55.5 Å². The number of ether oxygens (including phenoxy) is 1. The van der Waals surface area contributed by atoms with Crippen LogP contribution in [0.5, 0.6) is 11.5 Å². The molecule has 4 nitrogen and oxygen atoms in total. The van der Waals surface area contributed by atoms with Gasteiger partial charge in [0, 0.05) is 23.2 Å². The van der Waals surface area contributed by atoms with Gasteiger partial charge in [0.05, 0.1) is 12.3 Å². The SMILES string of the molecule is CCOc1cccc(C=Nc2ccc(Nc3ccccc3)cc2)c1O. The van der Waals surface area contributed by atoms with Crippen LogP contribution < -0.4 is 10.1 Å². The van der Waals surface area contributed by atoms with Crippen LogP contribution in [0, 0.1) is 0 Å². The molecule has 3 aromatic carbocycles. The van der Waals surface area contributed by atoms with Crippen molar-refractivity contribution >= 4 is 23.3 Å². The van der Waals surface area contributed by atoms with Crippen LogP contribution in [0.2, 0.25) is 0 Å². The van der Waals surface area contributed by atoms with Gasteiger partial charge in [0.15, 0.2) is 11.5 Å². The number of aliphatic imine (C=N–C) groups is 1. The molecule has 0 aliphatic carbocycles. The zero-order valence-corrected chi connectivity index (χ0v) is 14.0. The lowest BCUT2D eigenvalue weighted by atomic mass is 10.2. The fourth-order valence-corrected chi connectivity index (χ4v) is 2.38. The third-order valence-corrected chi connectivity index (χ3v) is 3.61. The molecule has 0 unspecified atom stereocenters. The molecule has 4 heteroatoms. The van der Waals surface area contributed by atoms with E-state index in [9.17, 15) is 5.11 Å². The van der Waals surface area contributed by atoms with Crippen molar-refractivity contribution in [3.05, 3.63) is 78.4 Å².